The highest BCUT2D eigenvalue weighted by Crippen LogP contribution is 2.32. The van der Waals surface area contributed by atoms with Crippen LogP contribution in [0, 0.1) is 12.8 Å². The lowest BCUT2D eigenvalue weighted by Crippen LogP contribution is -2.41. The van der Waals surface area contributed by atoms with Crippen molar-refractivity contribution in [3.8, 4) is 0 Å². The van der Waals surface area contributed by atoms with Crippen LogP contribution in [0.3, 0.4) is 0 Å². The average Bonchev–Trinajstić information content (AvgIpc) is 2.81. The van der Waals surface area contributed by atoms with Gasteiger partial charge in [0.25, 0.3) is 0 Å². The zero-order chi connectivity index (χ0) is 13.4. The van der Waals surface area contributed by atoms with Crippen molar-refractivity contribution in [1.29, 1.82) is 0 Å². The smallest absolute Gasteiger partial charge is 0.150 e. The number of aliphatic carboxylic acids is 1. The van der Waals surface area contributed by atoms with Crippen molar-refractivity contribution < 1.29 is 9.90 Å². The number of thiophene rings is 1. The summed E-state index contributed by atoms with van der Waals surface area (Å²) in [5.74, 6) is -0.321. The standard InChI is InChI=1S/C13H15N3O2S/c1-8-6-19-11-10(8)14-7-15-12(11)16-4-2-9(3-5-16)13(17)18/h6-7,9H,2-5H2,1H3,(H,17,18)/p-1. The highest BCUT2D eigenvalue weighted by molar-refractivity contribution is 7.18. The maximum atomic E-state index is 10.9. The van der Waals surface area contributed by atoms with Crippen molar-refractivity contribution in [2.75, 3.05) is 18.0 Å². The molecule has 0 aromatic carbocycles. The number of carbonyl (C=O) groups is 1. The number of aromatic nitrogens is 2. The zero-order valence-corrected chi connectivity index (χ0v) is 11.4. The van der Waals surface area contributed by atoms with Gasteiger partial charge in [-0.1, -0.05) is 0 Å². The van der Waals surface area contributed by atoms with Gasteiger partial charge < -0.3 is 14.8 Å². The van der Waals surface area contributed by atoms with Gasteiger partial charge in [-0.2, -0.15) is 0 Å². The molecule has 0 N–H and O–H groups in total. The molecule has 0 atom stereocenters. The van der Waals surface area contributed by atoms with Crippen LogP contribution in [0.2, 0.25) is 0 Å². The Hall–Kier alpha value is -1.69. The Balaban J connectivity index is 1.88. The van der Waals surface area contributed by atoms with Crippen LogP contribution in [0.4, 0.5) is 5.82 Å². The van der Waals surface area contributed by atoms with E-state index in [0.717, 1.165) is 21.6 Å². The molecule has 2 aromatic rings. The summed E-state index contributed by atoms with van der Waals surface area (Å²) < 4.78 is 1.09. The van der Waals surface area contributed by atoms with Gasteiger partial charge in [0.2, 0.25) is 0 Å². The number of carboxylic acids is 1. The molecule has 3 heterocycles. The fourth-order valence-corrected chi connectivity index (χ4v) is 3.53. The van der Waals surface area contributed by atoms with E-state index in [-0.39, 0.29) is 5.92 Å². The van der Waals surface area contributed by atoms with E-state index in [1.54, 1.807) is 17.7 Å². The lowest BCUT2D eigenvalue weighted by Gasteiger charge is -2.33. The van der Waals surface area contributed by atoms with Gasteiger partial charge in [0.05, 0.1) is 10.2 Å². The monoisotopic (exact) mass is 276 g/mol. The third kappa shape index (κ3) is 2.16. The number of aryl methyl sites for hydroxylation is 1. The topological polar surface area (TPSA) is 69.2 Å². The van der Waals surface area contributed by atoms with Crippen molar-refractivity contribution in [2.24, 2.45) is 5.92 Å². The third-order valence-electron chi connectivity index (χ3n) is 3.64. The number of carbonyl (C=O) groups excluding carboxylic acids is 1. The van der Waals surface area contributed by atoms with Crippen molar-refractivity contribution in [3.05, 3.63) is 17.3 Å². The van der Waals surface area contributed by atoms with Gasteiger partial charge in [0.1, 0.15) is 12.1 Å². The normalized spacial score (nSPS) is 17.0. The SMILES string of the molecule is Cc1csc2c(N3CCC(C(=O)[O-])CC3)ncnc12. The fraction of sp³-hybridized carbons (Fsp3) is 0.462. The van der Waals surface area contributed by atoms with Crippen LogP contribution in [0.1, 0.15) is 18.4 Å². The molecule has 5 nitrogen and oxygen atoms in total. The van der Waals surface area contributed by atoms with E-state index in [2.05, 4.69) is 20.2 Å². The number of fused-ring (bicyclic) bond motifs is 1. The number of piperidine rings is 1. The molecule has 3 rings (SSSR count). The summed E-state index contributed by atoms with van der Waals surface area (Å²) in [6.45, 7) is 3.46. The Morgan fingerprint density at radius 3 is 2.84 bits per heavy atom. The minimum Gasteiger partial charge on any atom is -0.550 e. The molecule has 0 unspecified atom stereocenters. The molecule has 0 saturated carbocycles. The highest BCUT2D eigenvalue weighted by atomic mass is 32.1. The Labute approximate surface area is 114 Å². The van der Waals surface area contributed by atoms with E-state index in [1.165, 1.54) is 0 Å². The molecule has 0 radical (unpaired) electrons. The minimum atomic E-state index is -0.931. The van der Waals surface area contributed by atoms with Crippen LogP contribution in [-0.2, 0) is 4.79 Å². The summed E-state index contributed by atoms with van der Waals surface area (Å²) in [5, 5.41) is 12.9. The molecule has 1 saturated heterocycles. The summed E-state index contributed by atoms with van der Waals surface area (Å²) >= 11 is 1.65. The van der Waals surface area contributed by atoms with Crippen LogP contribution >= 0.6 is 11.3 Å². The summed E-state index contributed by atoms with van der Waals surface area (Å²) in [6.07, 6.45) is 2.83. The van der Waals surface area contributed by atoms with Gasteiger partial charge in [-0.25, -0.2) is 9.97 Å². The molecule has 1 fully saturated rings. The third-order valence-corrected chi connectivity index (χ3v) is 4.72. The molecule has 0 aliphatic carbocycles. The van der Waals surface area contributed by atoms with Crippen LogP contribution in [0.15, 0.2) is 11.7 Å². The average molecular weight is 276 g/mol. The number of hydrogen-bond acceptors (Lipinski definition) is 6. The van der Waals surface area contributed by atoms with Gasteiger partial charge in [-0.05, 0) is 30.7 Å². The first-order chi connectivity index (χ1) is 9.16. The number of anilines is 1. The lowest BCUT2D eigenvalue weighted by molar-refractivity contribution is -0.312. The van der Waals surface area contributed by atoms with E-state index >= 15 is 0 Å². The predicted molar refractivity (Wildman–Crippen MR) is 72.1 cm³/mol. The Bertz CT molecular complexity index is 617. The Morgan fingerprint density at radius 1 is 1.42 bits per heavy atom. The van der Waals surface area contributed by atoms with Crippen molar-refractivity contribution in [1.82, 2.24) is 9.97 Å². The van der Waals surface area contributed by atoms with Gasteiger partial charge >= 0.3 is 0 Å². The fourth-order valence-electron chi connectivity index (χ4n) is 2.51. The van der Waals surface area contributed by atoms with E-state index in [4.69, 9.17) is 0 Å². The second-order valence-corrected chi connectivity index (χ2v) is 5.75. The highest BCUT2D eigenvalue weighted by Gasteiger charge is 2.22. The van der Waals surface area contributed by atoms with Crippen molar-refractivity contribution in [2.45, 2.75) is 19.8 Å². The van der Waals surface area contributed by atoms with E-state index in [0.29, 0.717) is 25.9 Å². The van der Waals surface area contributed by atoms with Crippen LogP contribution < -0.4 is 10.0 Å². The predicted octanol–water partition coefficient (Wildman–Crippen LogP) is 0.966. The Morgan fingerprint density at radius 2 is 2.16 bits per heavy atom. The largest absolute Gasteiger partial charge is 0.550 e. The molecule has 2 aromatic heterocycles. The molecular weight excluding hydrogens is 262 g/mol. The zero-order valence-electron chi connectivity index (χ0n) is 10.6. The minimum absolute atomic E-state index is 0.321. The molecule has 1 aliphatic heterocycles. The van der Waals surface area contributed by atoms with Crippen LogP contribution in [-0.4, -0.2) is 29.0 Å². The molecule has 6 heteroatoms. The maximum absolute atomic E-state index is 10.9. The van der Waals surface area contributed by atoms with E-state index in [9.17, 15) is 9.90 Å². The summed E-state index contributed by atoms with van der Waals surface area (Å²) in [6, 6.07) is 0. The summed E-state index contributed by atoms with van der Waals surface area (Å²) in [7, 11) is 0. The first-order valence-electron chi connectivity index (χ1n) is 6.31. The van der Waals surface area contributed by atoms with Crippen molar-refractivity contribution >= 4 is 33.3 Å². The van der Waals surface area contributed by atoms with Gasteiger partial charge in [0.15, 0.2) is 0 Å². The number of rotatable bonds is 2. The first kappa shape index (κ1) is 12.3. The first-order valence-corrected chi connectivity index (χ1v) is 7.19. The van der Waals surface area contributed by atoms with Gasteiger partial charge in [0, 0.05) is 25.0 Å². The Kier molecular flexibility index (Phi) is 3.10. The van der Waals surface area contributed by atoms with E-state index < -0.39 is 5.97 Å². The quantitative estimate of drug-likeness (QED) is 0.817. The van der Waals surface area contributed by atoms with Gasteiger partial charge in [-0.3, -0.25) is 0 Å². The van der Waals surface area contributed by atoms with Crippen molar-refractivity contribution in [3.63, 3.8) is 0 Å². The van der Waals surface area contributed by atoms with Crippen LogP contribution in [0.25, 0.3) is 10.2 Å². The summed E-state index contributed by atoms with van der Waals surface area (Å²) in [4.78, 5) is 21.7. The second kappa shape index (κ2) is 4.77. The van der Waals surface area contributed by atoms with Gasteiger partial charge in [-0.15, -0.1) is 11.3 Å². The maximum Gasteiger partial charge on any atom is 0.150 e. The number of carboxylic acid groups (broad SMARTS) is 1. The molecule has 1 aliphatic rings. The summed E-state index contributed by atoms with van der Waals surface area (Å²) in [5.41, 5.74) is 2.16. The molecule has 19 heavy (non-hydrogen) atoms. The molecule has 0 bridgehead atoms. The lowest BCUT2D eigenvalue weighted by atomic mass is 9.97. The number of nitrogens with zero attached hydrogens (tertiary/aromatic N) is 3. The van der Waals surface area contributed by atoms with Crippen LogP contribution in [0.5, 0.6) is 0 Å². The van der Waals surface area contributed by atoms with E-state index in [1.807, 2.05) is 6.92 Å². The molecule has 100 valence electrons. The number of hydrogen-bond donors (Lipinski definition) is 0. The molecule has 0 amide bonds. The molecular formula is C13H14N3O2S-. The molecule has 0 spiro atoms. The second-order valence-electron chi connectivity index (χ2n) is 4.87.